The second-order valence-corrected chi connectivity index (χ2v) is 7.07. The quantitative estimate of drug-likeness (QED) is 0.443. The fourth-order valence-electron chi connectivity index (χ4n) is 2.54. The van der Waals surface area contributed by atoms with Crippen LogP contribution in [0.1, 0.15) is 35.5 Å². The standard InChI is InChI=1S/C17H16ClFN6OS/c1-8(2)23-17(26)11-7-25(27-19)16-15(11)24-13(6-22-16)14(21)10-4-3-9(18)5-12(10)20/h3-8,21H,20H2,1-2H3,(H,23,26). The molecule has 2 aromatic heterocycles. The minimum absolute atomic E-state index is 0.0226. The molecule has 0 saturated heterocycles. The van der Waals surface area contributed by atoms with Gasteiger partial charge in [-0.25, -0.2) is 13.9 Å². The average molecular weight is 407 g/mol. The highest BCUT2D eigenvalue weighted by molar-refractivity contribution is 7.92. The van der Waals surface area contributed by atoms with E-state index in [1.165, 1.54) is 18.5 Å². The van der Waals surface area contributed by atoms with Gasteiger partial charge in [0.25, 0.3) is 5.91 Å². The van der Waals surface area contributed by atoms with E-state index >= 15 is 0 Å². The van der Waals surface area contributed by atoms with Crippen molar-refractivity contribution in [1.29, 1.82) is 5.41 Å². The third kappa shape index (κ3) is 3.74. The molecular weight excluding hydrogens is 391 g/mol. The molecule has 0 aliphatic carbocycles. The Morgan fingerprint density at radius 1 is 1.41 bits per heavy atom. The number of hydrogen-bond acceptors (Lipinski definition) is 6. The van der Waals surface area contributed by atoms with Crippen LogP contribution in [0.2, 0.25) is 5.02 Å². The second kappa shape index (κ2) is 7.53. The summed E-state index contributed by atoms with van der Waals surface area (Å²) in [6, 6.07) is 4.67. The molecule has 27 heavy (non-hydrogen) atoms. The molecule has 0 fully saturated rings. The Kier molecular flexibility index (Phi) is 5.33. The number of carbonyl (C=O) groups is 1. The number of nitrogens with one attached hydrogen (secondary N) is 2. The molecule has 1 aromatic carbocycles. The maximum Gasteiger partial charge on any atom is 0.255 e. The average Bonchev–Trinajstić information content (AvgIpc) is 2.98. The molecule has 140 valence electrons. The minimum Gasteiger partial charge on any atom is -0.398 e. The summed E-state index contributed by atoms with van der Waals surface area (Å²) in [5.74, 6) is -0.396. The molecular formula is C17H16ClFN6OS. The summed E-state index contributed by atoms with van der Waals surface area (Å²) < 4.78 is 14.3. The molecule has 0 bridgehead atoms. The Morgan fingerprint density at radius 2 is 2.15 bits per heavy atom. The number of nitrogen functional groups attached to an aromatic ring is 1. The van der Waals surface area contributed by atoms with E-state index in [0.717, 1.165) is 3.97 Å². The third-order valence-electron chi connectivity index (χ3n) is 3.74. The first-order valence-corrected chi connectivity index (χ1v) is 8.99. The molecule has 0 saturated carbocycles. The molecule has 10 heteroatoms. The molecule has 3 aromatic rings. The normalized spacial score (nSPS) is 11.1. The molecule has 4 N–H and O–H groups in total. The topological polar surface area (TPSA) is 110 Å². The Morgan fingerprint density at radius 3 is 2.78 bits per heavy atom. The first-order chi connectivity index (χ1) is 12.8. The van der Waals surface area contributed by atoms with E-state index in [4.69, 9.17) is 22.7 Å². The van der Waals surface area contributed by atoms with E-state index in [0.29, 0.717) is 16.3 Å². The number of rotatable bonds is 5. The molecule has 2 heterocycles. The van der Waals surface area contributed by atoms with Crippen molar-refractivity contribution in [2.24, 2.45) is 0 Å². The Hall–Kier alpha value is -2.65. The molecule has 0 aliphatic heterocycles. The SMILES string of the molecule is CC(C)NC(=O)c1cn(SF)c2ncc(C(=N)c3ccc(Cl)cc3N)nc12. The number of benzene rings is 1. The maximum absolute atomic E-state index is 13.2. The number of fused-ring (bicyclic) bond motifs is 1. The van der Waals surface area contributed by atoms with Gasteiger partial charge in [-0.1, -0.05) is 11.6 Å². The number of nitrogens with two attached hydrogens (primary N) is 1. The van der Waals surface area contributed by atoms with Crippen LogP contribution in [0.15, 0.2) is 30.6 Å². The molecule has 0 radical (unpaired) electrons. The van der Waals surface area contributed by atoms with Gasteiger partial charge in [-0.3, -0.25) is 10.2 Å². The monoisotopic (exact) mass is 406 g/mol. The van der Waals surface area contributed by atoms with Crippen LogP contribution in [0.3, 0.4) is 0 Å². The number of aromatic nitrogens is 3. The van der Waals surface area contributed by atoms with Crippen LogP contribution >= 0.6 is 23.9 Å². The van der Waals surface area contributed by atoms with Gasteiger partial charge in [-0.05, 0) is 32.0 Å². The lowest BCUT2D eigenvalue weighted by atomic mass is 10.1. The number of nitrogens with zero attached hydrogens (tertiary/aromatic N) is 3. The van der Waals surface area contributed by atoms with Gasteiger partial charge in [-0.15, -0.1) is 3.89 Å². The molecule has 1 amide bonds. The summed E-state index contributed by atoms with van der Waals surface area (Å²) in [7, 11) is 0. The highest BCUT2D eigenvalue weighted by atomic mass is 35.5. The highest BCUT2D eigenvalue weighted by Gasteiger charge is 2.21. The van der Waals surface area contributed by atoms with Gasteiger partial charge in [0, 0.05) is 28.5 Å². The minimum atomic E-state index is -0.396. The molecule has 0 atom stereocenters. The van der Waals surface area contributed by atoms with Crippen molar-refractivity contribution >= 4 is 52.4 Å². The Labute approximate surface area is 164 Å². The lowest BCUT2D eigenvalue weighted by Crippen LogP contribution is -2.30. The molecule has 0 unspecified atom stereocenters. The van der Waals surface area contributed by atoms with Gasteiger partial charge in [0.15, 0.2) is 18.0 Å². The summed E-state index contributed by atoms with van der Waals surface area (Å²) in [5.41, 5.74) is 7.49. The van der Waals surface area contributed by atoms with Crippen LogP contribution in [-0.2, 0) is 0 Å². The fraction of sp³-hybridized carbons (Fsp3) is 0.176. The number of hydrogen-bond donors (Lipinski definition) is 3. The maximum atomic E-state index is 13.2. The van der Waals surface area contributed by atoms with Crippen molar-refractivity contribution in [3.05, 3.63) is 52.4 Å². The van der Waals surface area contributed by atoms with E-state index in [1.807, 2.05) is 13.8 Å². The summed E-state index contributed by atoms with van der Waals surface area (Å²) in [5, 5.41) is 11.6. The largest absolute Gasteiger partial charge is 0.398 e. The van der Waals surface area contributed by atoms with E-state index in [1.54, 1.807) is 12.1 Å². The zero-order chi connectivity index (χ0) is 19.7. The zero-order valence-electron chi connectivity index (χ0n) is 14.5. The van der Waals surface area contributed by atoms with Gasteiger partial charge < -0.3 is 11.1 Å². The highest BCUT2D eigenvalue weighted by Crippen LogP contribution is 2.25. The van der Waals surface area contributed by atoms with Crippen LogP contribution in [0.4, 0.5) is 9.57 Å². The summed E-state index contributed by atoms with van der Waals surface area (Å²) in [6.07, 6.45) is 2.67. The molecule has 7 nitrogen and oxygen atoms in total. The lowest BCUT2D eigenvalue weighted by Gasteiger charge is -2.09. The van der Waals surface area contributed by atoms with Crippen LogP contribution in [-0.4, -0.2) is 31.6 Å². The number of carbonyl (C=O) groups excluding carboxylic acids is 1. The number of anilines is 1. The van der Waals surface area contributed by atoms with Crippen molar-refractivity contribution < 1.29 is 8.68 Å². The third-order valence-corrected chi connectivity index (χ3v) is 4.40. The first-order valence-electron chi connectivity index (χ1n) is 7.94. The predicted octanol–water partition coefficient (Wildman–Crippen LogP) is 3.60. The Balaban J connectivity index is 2.10. The number of halogens is 2. The van der Waals surface area contributed by atoms with Crippen molar-refractivity contribution in [1.82, 2.24) is 19.3 Å². The van der Waals surface area contributed by atoms with E-state index in [-0.39, 0.29) is 46.5 Å². The van der Waals surface area contributed by atoms with Crippen LogP contribution < -0.4 is 11.1 Å². The molecule has 0 aliphatic rings. The van der Waals surface area contributed by atoms with Crippen molar-refractivity contribution in [3.63, 3.8) is 0 Å². The van der Waals surface area contributed by atoms with Crippen molar-refractivity contribution in [2.75, 3.05) is 5.73 Å². The predicted molar refractivity (Wildman–Crippen MR) is 106 cm³/mol. The van der Waals surface area contributed by atoms with E-state index in [2.05, 4.69) is 15.3 Å². The van der Waals surface area contributed by atoms with Crippen molar-refractivity contribution in [2.45, 2.75) is 19.9 Å². The summed E-state index contributed by atoms with van der Waals surface area (Å²) in [6.45, 7) is 3.63. The first kappa shape index (κ1) is 19.1. The summed E-state index contributed by atoms with van der Waals surface area (Å²) >= 11 is 5.81. The van der Waals surface area contributed by atoms with Crippen molar-refractivity contribution in [3.8, 4) is 0 Å². The Bertz CT molecular complexity index is 1050. The van der Waals surface area contributed by atoms with Gasteiger partial charge in [0.05, 0.1) is 17.5 Å². The molecule has 3 rings (SSSR count). The molecule has 0 spiro atoms. The summed E-state index contributed by atoms with van der Waals surface area (Å²) in [4.78, 5) is 21.0. The van der Waals surface area contributed by atoms with E-state index in [9.17, 15) is 8.68 Å². The lowest BCUT2D eigenvalue weighted by molar-refractivity contribution is 0.0944. The van der Waals surface area contributed by atoms with Crippen LogP contribution in [0, 0.1) is 5.41 Å². The zero-order valence-corrected chi connectivity index (χ0v) is 16.0. The fourth-order valence-corrected chi connectivity index (χ4v) is 3.07. The number of amides is 1. The van der Waals surface area contributed by atoms with Gasteiger partial charge in [0.2, 0.25) is 0 Å². The van der Waals surface area contributed by atoms with Crippen LogP contribution in [0.5, 0.6) is 0 Å². The van der Waals surface area contributed by atoms with Gasteiger partial charge in [0.1, 0.15) is 11.2 Å². The van der Waals surface area contributed by atoms with Gasteiger partial charge >= 0.3 is 0 Å². The smallest absolute Gasteiger partial charge is 0.255 e. The van der Waals surface area contributed by atoms with Gasteiger partial charge in [-0.2, -0.15) is 0 Å². The van der Waals surface area contributed by atoms with Crippen LogP contribution in [0.25, 0.3) is 11.2 Å². The second-order valence-electron chi connectivity index (χ2n) is 6.10. The van der Waals surface area contributed by atoms with E-state index < -0.39 is 5.91 Å².